The number of halogens is 2. The van der Waals surface area contributed by atoms with Crippen molar-refractivity contribution < 1.29 is 4.39 Å². The second-order valence-electron chi connectivity index (χ2n) is 5.10. The summed E-state index contributed by atoms with van der Waals surface area (Å²) < 4.78 is 13.9. The lowest BCUT2D eigenvalue weighted by molar-refractivity contribution is 0.108. The lowest BCUT2D eigenvalue weighted by atomic mass is 10.1. The maximum Gasteiger partial charge on any atom is 0.124 e. The molecule has 0 amide bonds. The summed E-state index contributed by atoms with van der Waals surface area (Å²) in [5.41, 5.74) is 1.10. The molecular formula is C15H19BrFN3. The summed E-state index contributed by atoms with van der Waals surface area (Å²) in [6.07, 6.45) is 0.875. The molecule has 108 valence electrons. The van der Waals surface area contributed by atoms with Gasteiger partial charge in [-0.2, -0.15) is 5.26 Å². The molecule has 0 aliphatic carbocycles. The summed E-state index contributed by atoms with van der Waals surface area (Å²) in [5.74, 6) is -0.217. The van der Waals surface area contributed by atoms with Crippen LogP contribution in [0.15, 0.2) is 22.7 Å². The lowest BCUT2D eigenvalue weighted by Crippen LogP contribution is -2.49. The van der Waals surface area contributed by atoms with Crippen molar-refractivity contribution in [2.45, 2.75) is 25.9 Å². The summed E-state index contributed by atoms with van der Waals surface area (Å²) in [7, 11) is 0. The summed E-state index contributed by atoms with van der Waals surface area (Å²) in [6.45, 7) is 6.60. The zero-order valence-electron chi connectivity index (χ0n) is 11.6. The number of piperazine rings is 1. The van der Waals surface area contributed by atoms with Gasteiger partial charge in [-0.05, 0) is 24.1 Å². The molecule has 1 aromatic rings. The Morgan fingerprint density at radius 2 is 2.05 bits per heavy atom. The highest BCUT2D eigenvalue weighted by Gasteiger charge is 2.22. The molecule has 0 bridgehead atoms. The normalized spacial score (nSPS) is 18.7. The predicted molar refractivity (Wildman–Crippen MR) is 80.6 cm³/mol. The quantitative estimate of drug-likeness (QED) is 0.844. The Hall–Kier alpha value is -0.960. The van der Waals surface area contributed by atoms with Gasteiger partial charge in [0.25, 0.3) is 0 Å². The average Bonchev–Trinajstić information content (AvgIpc) is 2.45. The Bertz CT molecular complexity index is 492. The summed E-state index contributed by atoms with van der Waals surface area (Å²) in [6, 6.07) is 7.23. The fourth-order valence-corrected chi connectivity index (χ4v) is 3.03. The van der Waals surface area contributed by atoms with Crippen molar-refractivity contribution in [3.05, 3.63) is 34.1 Å². The molecule has 0 aromatic heterocycles. The third kappa shape index (κ3) is 3.78. The molecule has 2 rings (SSSR count). The average molecular weight is 340 g/mol. The van der Waals surface area contributed by atoms with E-state index in [9.17, 15) is 4.39 Å². The number of benzene rings is 1. The fraction of sp³-hybridized carbons (Fsp3) is 0.533. The molecule has 5 heteroatoms. The number of hydrogen-bond donors (Lipinski definition) is 0. The van der Waals surface area contributed by atoms with Crippen molar-refractivity contribution in [3.8, 4) is 6.07 Å². The van der Waals surface area contributed by atoms with Crippen LogP contribution >= 0.6 is 15.9 Å². The Kier molecular flexibility index (Phi) is 5.53. The monoisotopic (exact) mass is 339 g/mol. The number of rotatable bonds is 4. The van der Waals surface area contributed by atoms with E-state index in [0.717, 1.165) is 49.2 Å². The van der Waals surface area contributed by atoms with Gasteiger partial charge >= 0.3 is 0 Å². The van der Waals surface area contributed by atoms with Crippen LogP contribution in [0.4, 0.5) is 4.39 Å². The van der Waals surface area contributed by atoms with Gasteiger partial charge in [0.05, 0.1) is 12.1 Å². The molecular weight excluding hydrogens is 321 g/mol. The van der Waals surface area contributed by atoms with Crippen LogP contribution in [0.3, 0.4) is 0 Å². The first-order valence-corrected chi connectivity index (χ1v) is 7.73. The van der Waals surface area contributed by atoms with Crippen LogP contribution in [0.5, 0.6) is 0 Å². The third-order valence-electron chi connectivity index (χ3n) is 3.79. The van der Waals surface area contributed by atoms with Crippen molar-refractivity contribution in [2.75, 3.05) is 26.2 Å². The minimum atomic E-state index is -0.217. The van der Waals surface area contributed by atoms with Gasteiger partial charge in [-0.15, -0.1) is 0 Å². The van der Waals surface area contributed by atoms with Crippen LogP contribution in [-0.4, -0.2) is 42.0 Å². The Morgan fingerprint density at radius 1 is 1.35 bits per heavy atom. The van der Waals surface area contributed by atoms with Gasteiger partial charge in [-0.1, -0.05) is 28.9 Å². The Morgan fingerprint density at radius 3 is 2.60 bits per heavy atom. The lowest BCUT2D eigenvalue weighted by Gasteiger charge is -2.36. The van der Waals surface area contributed by atoms with Crippen molar-refractivity contribution in [3.63, 3.8) is 0 Å². The second-order valence-corrected chi connectivity index (χ2v) is 5.96. The van der Waals surface area contributed by atoms with E-state index in [2.05, 4.69) is 38.7 Å². The zero-order valence-corrected chi connectivity index (χ0v) is 13.2. The molecule has 1 fully saturated rings. The first-order chi connectivity index (χ1) is 9.63. The van der Waals surface area contributed by atoms with Gasteiger partial charge in [-0.3, -0.25) is 9.80 Å². The topological polar surface area (TPSA) is 30.3 Å². The van der Waals surface area contributed by atoms with E-state index >= 15 is 0 Å². The van der Waals surface area contributed by atoms with Crippen LogP contribution in [0, 0.1) is 17.1 Å². The highest BCUT2D eigenvalue weighted by atomic mass is 79.9. The molecule has 1 atom stereocenters. The maximum atomic E-state index is 13.1. The number of nitriles is 1. The molecule has 0 saturated carbocycles. The first-order valence-electron chi connectivity index (χ1n) is 6.94. The van der Waals surface area contributed by atoms with Crippen LogP contribution in [0.1, 0.15) is 18.9 Å². The standard InChI is InChI=1S/C15H19BrFN3/c1-2-14(10-18)20-7-5-19(6-8-20)11-12-3-4-13(17)9-15(12)16/h3-4,9,14H,2,5-8,11H2,1H3. The SMILES string of the molecule is CCC(C#N)N1CCN(Cc2ccc(F)cc2Br)CC1. The highest BCUT2D eigenvalue weighted by Crippen LogP contribution is 2.20. The van der Waals surface area contributed by atoms with E-state index in [1.807, 2.05) is 6.07 Å². The van der Waals surface area contributed by atoms with Crippen molar-refractivity contribution >= 4 is 15.9 Å². The second kappa shape index (κ2) is 7.16. The van der Waals surface area contributed by atoms with E-state index in [4.69, 9.17) is 5.26 Å². The van der Waals surface area contributed by atoms with Crippen LogP contribution in [0.25, 0.3) is 0 Å². The predicted octanol–water partition coefficient (Wildman–Crippen LogP) is 3.01. The van der Waals surface area contributed by atoms with Gasteiger partial charge in [-0.25, -0.2) is 4.39 Å². The van der Waals surface area contributed by atoms with Crippen LogP contribution in [0.2, 0.25) is 0 Å². The van der Waals surface area contributed by atoms with Crippen molar-refractivity contribution in [1.82, 2.24) is 9.80 Å². The molecule has 1 heterocycles. The van der Waals surface area contributed by atoms with E-state index in [-0.39, 0.29) is 11.9 Å². The van der Waals surface area contributed by atoms with Gasteiger partial charge in [0.2, 0.25) is 0 Å². The Labute approximate surface area is 128 Å². The molecule has 1 saturated heterocycles. The smallest absolute Gasteiger partial charge is 0.124 e. The zero-order chi connectivity index (χ0) is 14.5. The van der Waals surface area contributed by atoms with Crippen molar-refractivity contribution in [2.24, 2.45) is 0 Å². The van der Waals surface area contributed by atoms with Gasteiger partial charge in [0.1, 0.15) is 5.82 Å². The molecule has 0 radical (unpaired) electrons. The van der Waals surface area contributed by atoms with E-state index < -0.39 is 0 Å². The molecule has 0 spiro atoms. The minimum Gasteiger partial charge on any atom is -0.297 e. The largest absolute Gasteiger partial charge is 0.297 e. The summed E-state index contributed by atoms with van der Waals surface area (Å²) in [5, 5.41) is 9.09. The van der Waals surface area contributed by atoms with Crippen molar-refractivity contribution in [1.29, 1.82) is 5.26 Å². The molecule has 20 heavy (non-hydrogen) atoms. The maximum absolute atomic E-state index is 13.1. The number of nitrogens with zero attached hydrogens (tertiary/aromatic N) is 3. The van der Waals surface area contributed by atoms with E-state index in [0.29, 0.717) is 0 Å². The molecule has 1 aromatic carbocycles. The first kappa shape index (κ1) is 15.4. The summed E-state index contributed by atoms with van der Waals surface area (Å²) in [4.78, 5) is 4.59. The van der Waals surface area contributed by atoms with E-state index in [1.165, 1.54) is 12.1 Å². The molecule has 1 aliphatic rings. The molecule has 3 nitrogen and oxygen atoms in total. The van der Waals surface area contributed by atoms with Gasteiger partial charge < -0.3 is 0 Å². The van der Waals surface area contributed by atoms with Crippen LogP contribution in [-0.2, 0) is 6.54 Å². The minimum absolute atomic E-state index is 0.0368. The molecule has 1 unspecified atom stereocenters. The fourth-order valence-electron chi connectivity index (χ4n) is 2.56. The van der Waals surface area contributed by atoms with E-state index in [1.54, 1.807) is 0 Å². The molecule has 1 aliphatic heterocycles. The third-order valence-corrected chi connectivity index (χ3v) is 4.53. The van der Waals surface area contributed by atoms with Crippen LogP contribution < -0.4 is 0 Å². The summed E-state index contributed by atoms with van der Waals surface area (Å²) >= 11 is 3.41. The number of hydrogen-bond acceptors (Lipinski definition) is 3. The Balaban J connectivity index is 1.90. The van der Waals surface area contributed by atoms with Gasteiger partial charge in [0, 0.05) is 37.2 Å². The van der Waals surface area contributed by atoms with Gasteiger partial charge in [0.15, 0.2) is 0 Å². The molecule has 0 N–H and O–H groups in total. The highest BCUT2D eigenvalue weighted by molar-refractivity contribution is 9.10.